The van der Waals surface area contributed by atoms with E-state index in [-0.39, 0.29) is 34.8 Å². The van der Waals surface area contributed by atoms with Gasteiger partial charge >= 0.3 is 12.3 Å². The number of rotatable bonds is 6. The van der Waals surface area contributed by atoms with Crippen LogP contribution < -0.4 is 10.1 Å². The molecule has 0 aliphatic rings. The van der Waals surface area contributed by atoms with Gasteiger partial charge in [-0.05, 0) is 30.3 Å². The number of hydrogen-bond donors (Lipinski definition) is 2. The number of H-pyrrole nitrogens is 1. The van der Waals surface area contributed by atoms with E-state index in [1.807, 2.05) is 0 Å². The first kappa shape index (κ1) is 21.9. The van der Waals surface area contributed by atoms with Crippen LogP contribution in [0.4, 0.5) is 29.2 Å². The lowest BCUT2D eigenvalue weighted by Gasteiger charge is -2.15. The second-order valence-corrected chi connectivity index (χ2v) is 6.37. The van der Waals surface area contributed by atoms with Gasteiger partial charge in [0.05, 0.1) is 23.7 Å². The van der Waals surface area contributed by atoms with Gasteiger partial charge in [-0.15, -0.1) is 13.2 Å². The molecule has 12 heteroatoms. The first-order chi connectivity index (χ1) is 14.6. The van der Waals surface area contributed by atoms with Crippen LogP contribution in [0.15, 0.2) is 36.4 Å². The summed E-state index contributed by atoms with van der Waals surface area (Å²) in [6, 6.07) is 7.21. The number of likely N-dealkylation sites (N-methyl/N-ethyl adjacent to an activating group) is 1. The molecule has 0 fully saturated rings. The van der Waals surface area contributed by atoms with Crippen LogP contribution in [-0.2, 0) is 9.53 Å². The Morgan fingerprint density at radius 2 is 1.87 bits per heavy atom. The maximum atomic E-state index is 14.4. The second-order valence-electron chi connectivity index (χ2n) is 6.37. The summed E-state index contributed by atoms with van der Waals surface area (Å²) in [4.78, 5) is 31.8. The lowest BCUT2D eigenvalue weighted by atomic mass is 10.1. The van der Waals surface area contributed by atoms with Gasteiger partial charge in [0, 0.05) is 18.8 Å². The van der Waals surface area contributed by atoms with Gasteiger partial charge in [0.1, 0.15) is 18.1 Å². The van der Waals surface area contributed by atoms with E-state index < -0.39 is 24.1 Å². The lowest BCUT2D eigenvalue weighted by molar-refractivity contribution is -0.274. The first-order valence-corrected chi connectivity index (χ1v) is 8.70. The van der Waals surface area contributed by atoms with Crippen LogP contribution in [0.3, 0.4) is 0 Å². The number of hydrogen-bond acceptors (Lipinski definition) is 6. The van der Waals surface area contributed by atoms with Gasteiger partial charge in [-0.25, -0.2) is 9.37 Å². The van der Waals surface area contributed by atoms with E-state index in [1.165, 1.54) is 32.4 Å². The van der Waals surface area contributed by atoms with E-state index in [2.05, 4.69) is 24.8 Å². The summed E-state index contributed by atoms with van der Waals surface area (Å²) < 4.78 is 59.4. The molecule has 0 bridgehead atoms. The molecule has 0 atom stereocenters. The maximum absolute atomic E-state index is 14.4. The van der Waals surface area contributed by atoms with Crippen molar-refractivity contribution in [2.45, 2.75) is 6.36 Å². The van der Waals surface area contributed by atoms with Gasteiger partial charge in [-0.2, -0.15) is 0 Å². The zero-order valence-corrected chi connectivity index (χ0v) is 16.2. The largest absolute Gasteiger partial charge is 0.573 e. The SMILES string of the molecule is COC(=O)CN(C)C(=O)c1cc2nc(Nc3ccc(OC(F)(F)F)cc3)[nH]c2cc1F. The Morgan fingerprint density at radius 1 is 1.19 bits per heavy atom. The average molecular weight is 440 g/mol. The second kappa shape index (κ2) is 8.50. The molecule has 3 rings (SSSR count). The van der Waals surface area contributed by atoms with Crippen molar-refractivity contribution in [1.82, 2.24) is 14.9 Å². The maximum Gasteiger partial charge on any atom is 0.573 e. The topological polar surface area (TPSA) is 96.6 Å². The molecular formula is C19H16F4N4O4. The number of aromatic nitrogens is 2. The summed E-state index contributed by atoms with van der Waals surface area (Å²) in [6.07, 6.45) is -4.79. The molecule has 1 aromatic heterocycles. The van der Waals surface area contributed by atoms with Crippen molar-refractivity contribution >= 4 is 34.5 Å². The van der Waals surface area contributed by atoms with Crippen molar-refractivity contribution in [1.29, 1.82) is 0 Å². The van der Waals surface area contributed by atoms with E-state index in [1.54, 1.807) is 0 Å². The van der Waals surface area contributed by atoms with Crippen molar-refractivity contribution in [2.24, 2.45) is 0 Å². The molecule has 31 heavy (non-hydrogen) atoms. The number of imidazole rings is 1. The normalized spacial score (nSPS) is 11.3. The van der Waals surface area contributed by atoms with Crippen LogP contribution in [-0.4, -0.2) is 53.8 Å². The first-order valence-electron chi connectivity index (χ1n) is 8.70. The Bertz CT molecular complexity index is 1110. The van der Waals surface area contributed by atoms with E-state index in [0.29, 0.717) is 5.69 Å². The van der Waals surface area contributed by atoms with Gasteiger partial charge < -0.3 is 24.7 Å². The smallest absolute Gasteiger partial charge is 0.468 e. The minimum atomic E-state index is -4.79. The Hall–Kier alpha value is -3.83. The minimum Gasteiger partial charge on any atom is -0.468 e. The Labute approximate surface area is 172 Å². The molecule has 0 aliphatic heterocycles. The number of nitrogens with zero attached hydrogens (tertiary/aromatic N) is 2. The van der Waals surface area contributed by atoms with Crippen LogP contribution in [0.1, 0.15) is 10.4 Å². The number of alkyl halides is 3. The molecule has 3 aromatic rings. The average Bonchev–Trinajstić information content (AvgIpc) is 3.07. The fourth-order valence-electron chi connectivity index (χ4n) is 2.67. The van der Waals surface area contributed by atoms with Crippen molar-refractivity contribution in [2.75, 3.05) is 26.0 Å². The third-order valence-corrected chi connectivity index (χ3v) is 4.09. The number of aromatic amines is 1. The number of halogens is 4. The molecule has 1 amide bonds. The molecule has 0 saturated carbocycles. The Kier molecular flexibility index (Phi) is 5.99. The molecule has 2 N–H and O–H groups in total. The predicted molar refractivity (Wildman–Crippen MR) is 101 cm³/mol. The van der Waals surface area contributed by atoms with E-state index in [4.69, 9.17) is 0 Å². The van der Waals surface area contributed by atoms with E-state index >= 15 is 0 Å². The fourth-order valence-corrected chi connectivity index (χ4v) is 2.67. The van der Waals surface area contributed by atoms with Crippen LogP contribution in [0, 0.1) is 5.82 Å². The Balaban J connectivity index is 1.78. The van der Waals surface area contributed by atoms with Crippen LogP contribution in [0.5, 0.6) is 5.75 Å². The van der Waals surface area contributed by atoms with E-state index in [0.717, 1.165) is 23.1 Å². The monoisotopic (exact) mass is 440 g/mol. The molecule has 164 valence electrons. The molecule has 1 heterocycles. The molecule has 0 unspecified atom stereocenters. The fraction of sp³-hybridized carbons (Fsp3) is 0.211. The summed E-state index contributed by atoms with van der Waals surface area (Å²) in [7, 11) is 2.50. The summed E-state index contributed by atoms with van der Waals surface area (Å²) in [5, 5.41) is 2.83. The number of carbonyl (C=O) groups excluding carboxylic acids is 2. The number of anilines is 2. The molecule has 0 aliphatic carbocycles. The van der Waals surface area contributed by atoms with Crippen molar-refractivity contribution in [3.63, 3.8) is 0 Å². The number of ether oxygens (including phenoxy) is 2. The number of amides is 1. The van der Waals surface area contributed by atoms with Gasteiger partial charge in [-0.1, -0.05) is 0 Å². The zero-order chi connectivity index (χ0) is 22.8. The summed E-state index contributed by atoms with van der Waals surface area (Å²) in [5.74, 6) is -2.42. The van der Waals surface area contributed by atoms with Gasteiger partial charge in [-0.3, -0.25) is 9.59 Å². The highest BCUT2D eigenvalue weighted by Crippen LogP contribution is 2.26. The quantitative estimate of drug-likeness (QED) is 0.449. The summed E-state index contributed by atoms with van der Waals surface area (Å²) in [6.45, 7) is -0.353. The minimum absolute atomic E-state index is 0.173. The Morgan fingerprint density at radius 3 is 2.48 bits per heavy atom. The standard InChI is InChI=1S/C19H16F4N4O4/c1-27(9-16(28)30-2)17(29)12-7-14-15(8-13(12)20)26-18(25-14)24-10-3-5-11(6-4-10)31-19(21,22)23/h3-8H,9H2,1-2H3,(H2,24,25,26). The predicted octanol–water partition coefficient (Wildman–Crippen LogP) is 3.59. The van der Waals surface area contributed by atoms with Gasteiger partial charge in [0.25, 0.3) is 5.91 Å². The van der Waals surface area contributed by atoms with Crippen molar-refractivity contribution in [3.05, 3.63) is 47.8 Å². The molecule has 0 spiro atoms. The number of esters is 1. The van der Waals surface area contributed by atoms with Gasteiger partial charge in [0.15, 0.2) is 0 Å². The molecule has 0 radical (unpaired) electrons. The highest BCUT2D eigenvalue weighted by molar-refractivity contribution is 5.99. The highest BCUT2D eigenvalue weighted by atomic mass is 19.4. The van der Waals surface area contributed by atoms with E-state index in [9.17, 15) is 27.2 Å². The van der Waals surface area contributed by atoms with Crippen LogP contribution in [0.25, 0.3) is 11.0 Å². The molecule has 0 saturated heterocycles. The van der Waals surface area contributed by atoms with Crippen molar-refractivity contribution < 1.29 is 36.6 Å². The van der Waals surface area contributed by atoms with Crippen LogP contribution in [0.2, 0.25) is 0 Å². The number of nitrogens with one attached hydrogen (secondary N) is 2. The number of methoxy groups -OCH3 is 1. The molecular weight excluding hydrogens is 424 g/mol. The molecule has 2 aromatic carbocycles. The highest BCUT2D eigenvalue weighted by Gasteiger charge is 2.31. The molecule has 8 nitrogen and oxygen atoms in total. The zero-order valence-electron chi connectivity index (χ0n) is 16.2. The van der Waals surface area contributed by atoms with Crippen LogP contribution >= 0.6 is 0 Å². The van der Waals surface area contributed by atoms with Gasteiger partial charge in [0.2, 0.25) is 5.95 Å². The van der Waals surface area contributed by atoms with Crippen molar-refractivity contribution in [3.8, 4) is 5.75 Å². The third-order valence-electron chi connectivity index (χ3n) is 4.09. The third kappa shape index (κ3) is 5.41. The number of carbonyl (C=O) groups is 2. The lowest BCUT2D eigenvalue weighted by Crippen LogP contribution is -2.33. The number of benzene rings is 2. The number of fused-ring (bicyclic) bond motifs is 1. The summed E-state index contributed by atoms with van der Waals surface area (Å²) >= 11 is 0. The summed E-state index contributed by atoms with van der Waals surface area (Å²) in [5.41, 5.74) is 0.647.